The molecule has 1 heterocycles. The molecule has 0 saturated heterocycles. The molecule has 0 fully saturated rings. The summed E-state index contributed by atoms with van der Waals surface area (Å²) in [6.45, 7) is 2.40. The molecule has 5 heteroatoms. The van der Waals surface area contributed by atoms with Gasteiger partial charge in [0.15, 0.2) is 0 Å². The van der Waals surface area contributed by atoms with Crippen molar-refractivity contribution in [2.24, 2.45) is 0 Å². The third-order valence-corrected chi connectivity index (χ3v) is 5.63. The minimum atomic E-state index is -0.160. The van der Waals surface area contributed by atoms with Crippen LogP contribution >= 0.6 is 11.3 Å². The quantitative estimate of drug-likeness (QED) is 0.667. The van der Waals surface area contributed by atoms with E-state index in [2.05, 4.69) is 16.4 Å². The van der Waals surface area contributed by atoms with Crippen molar-refractivity contribution in [3.8, 4) is 5.75 Å². The van der Waals surface area contributed by atoms with Gasteiger partial charge in [-0.25, -0.2) is 4.98 Å². The minimum absolute atomic E-state index is 0.160. The van der Waals surface area contributed by atoms with E-state index in [1.807, 2.05) is 43.3 Å². The second kappa shape index (κ2) is 7.92. The molecule has 0 atom stereocenters. The number of hydrogen-bond donors (Lipinski definition) is 1. The predicted octanol–water partition coefficient (Wildman–Crippen LogP) is 5.16. The van der Waals surface area contributed by atoms with Crippen molar-refractivity contribution < 1.29 is 9.53 Å². The first kappa shape index (κ1) is 17.7. The van der Waals surface area contributed by atoms with Gasteiger partial charge in [-0.1, -0.05) is 29.8 Å². The number of benzene rings is 2. The van der Waals surface area contributed by atoms with Gasteiger partial charge in [-0.15, -0.1) is 11.3 Å². The lowest BCUT2D eigenvalue weighted by Crippen LogP contribution is -2.16. The molecular weight excluding hydrogens is 356 g/mol. The summed E-state index contributed by atoms with van der Waals surface area (Å²) in [6.07, 6.45) is 4.52. The summed E-state index contributed by atoms with van der Waals surface area (Å²) in [5.74, 6) is 0.643. The van der Waals surface area contributed by atoms with Gasteiger partial charge < -0.3 is 10.1 Å². The molecule has 0 aliphatic heterocycles. The van der Waals surface area contributed by atoms with Gasteiger partial charge >= 0.3 is 0 Å². The molecule has 1 aliphatic rings. The minimum Gasteiger partial charge on any atom is -0.486 e. The fourth-order valence-corrected chi connectivity index (χ4v) is 4.03. The molecule has 1 N–H and O–H groups in total. The highest BCUT2D eigenvalue weighted by atomic mass is 32.1. The normalized spacial score (nSPS) is 13.1. The van der Waals surface area contributed by atoms with E-state index in [1.54, 1.807) is 5.38 Å². The van der Waals surface area contributed by atoms with E-state index in [-0.39, 0.29) is 5.91 Å². The number of anilines is 1. The van der Waals surface area contributed by atoms with Gasteiger partial charge in [0.1, 0.15) is 23.1 Å². The Balaban J connectivity index is 1.41. The Hall–Kier alpha value is -2.66. The van der Waals surface area contributed by atoms with Crippen LogP contribution in [0.5, 0.6) is 5.75 Å². The van der Waals surface area contributed by atoms with E-state index in [1.165, 1.54) is 40.9 Å². The molecule has 3 aromatic rings. The molecule has 4 rings (SSSR count). The van der Waals surface area contributed by atoms with Crippen LogP contribution in [0.3, 0.4) is 0 Å². The Bertz CT molecular complexity index is 947. The predicted molar refractivity (Wildman–Crippen MR) is 109 cm³/mol. The summed E-state index contributed by atoms with van der Waals surface area (Å²) in [4.78, 5) is 17.0. The fourth-order valence-electron chi connectivity index (χ4n) is 3.35. The summed E-state index contributed by atoms with van der Waals surface area (Å²) < 4.78 is 5.75. The van der Waals surface area contributed by atoms with Crippen LogP contribution in [0.15, 0.2) is 47.8 Å². The van der Waals surface area contributed by atoms with E-state index in [0.29, 0.717) is 12.3 Å². The molecule has 1 aromatic heterocycles. The molecule has 2 aromatic carbocycles. The number of hydrogen-bond acceptors (Lipinski definition) is 4. The second-order valence-corrected chi connectivity index (χ2v) is 7.78. The van der Waals surface area contributed by atoms with E-state index in [9.17, 15) is 4.79 Å². The van der Waals surface area contributed by atoms with Crippen molar-refractivity contribution in [3.05, 3.63) is 75.2 Å². The van der Waals surface area contributed by atoms with Crippen LogP contribution in [0, 0.1) is 6.92 Å². The highest BCUT2D eigenvalue weighted by molar-refractivity contribution is 7.09. The maximum absolute atomic E-state index is 12.6. The molecule has 0 saturated carbocycles. The summed E-state index contributed by atoms with van der Waals surface area (Å²) in [5.41, 5.74) is 5.18. The molecular formula is C22H22N2O2S. The van der Waals surface area contributed by atoms with Crippen LogP contribution in [0.25, 0.3) is 0 Å². The Morgan fingerprint density at radius 2 is 1.96 bits per heavy atom. The number of nitrogens with one attached hydrogen (secondary N) is 1. The van der Waals surface area contributed by atoms with Crippen LogP contribution in [0.1, 0.15) is 45.0 Å². The number of ether oxygens (including phenoxy) is 1. The van der Waals surface area contributed by atoms with E-state index < -0.39 is 0 Å². The van der Waals surface area contributed by atoms with Crippen molar-refractivity contribution >= 4 is 22.9 Å². The van der Waals surface area contributed by atoms with Gasteiger partial charge in [0.2, 0.25) is 0 Å². The lowest BCUT2D eigenvalue weighted by atomic mass is 9.90. The third-order valence-electron chi connectivity index (χ3n) is 4.81. The van der Waals surface area contributed by atoms with Crippen LogP contribution < -0.4 is 10.1 Å². The van der Waals surface area contributed by atoms with Crippen molar-refractivity contribution in [3.63, 3.8) is 0 Å². The molecule has 0 spiro atoms. The summed E-state index contributed by atoms with van der Waals surface area (Å²) in [5, 5.41) is 5.62. The van der Waals surface area contributed by atoms with Crippen molar-refractivity contribution in [2.75, 3.05) is 5.32 Å². The largest absolute Gasteiger partial charge is 0.486 e. The number of nitrogens with zero attached hydrogens (tertiary/aromatic N) is 1. The summed E-state index contributed by atoms with van der Waals surface area (Å²) >= 11 is 1.44. The zero-order chi connectivity index (χ0) is 18.6. The number of aryl methyl sites for hydroxylation is 2. The van der Waals surface area contributed by atoms with E-state index >= 15 is 0 Å². The Labute approximate surface area is 163 Å². The SMILES string of the molecule is Cc1ccc(OCc2nc(C(=O)Nc3cccc4c3CCCC4)cs2)cc1. The number of carbonyl (C=O) groups is 1. The Kier molecular flexibility index (Phi) is 5.21. The Morgan fingerprint density at radius 1 is 1.15 bits per heavy atom. The Morgan fingerprint density at radius 3 is 2.81 bits per heavy atom. The highest BCUT2D eigenvalue weighted by Gasteiger charge is 2.17. The van der Waals surface area contributed by atoms with Gasteiger partial charge in [0, 0.05) is 11.1 Å². The van der Waals surface area contributed by atoms with E-state index in [4.69, 9.17) is 4.74 Å². The first-order valence-electron chi connectivity index (χ1n) is 9.25. The lowest BCUT2D eigenvalue weighted by molar-refractivity contribution is 0.102. The van der Waals surface area contributed by atoms with Gasteiger partial charge in [-0.3, -0.25) is 4.79 Å². The van der Waals surface area contributed by atoms with Crippen molar-refractivity contribution in [1.82, 2.24) is 4.98 Å². The molecule has 1 amide bonds. The monoisotopic (exact) mass is 378 g/mol. The number of fused-ring (bicyclic) bond motifs is 1. The number of aromatic nitrogens is 1. The van der Waals surface area contributed by atoms with Gasteiger partial charge in [0.25, 0.3) is 5.91 Å². The van der Waals surface area contributed by atoms with Gasteiger partial charge in [0.05, 0.1) is 0 Å². The fraction of sp³-hybridized carbons (Fsp3) is 0.273. The zero-order valence-electron chi connectivity index (χ0n) is 15.3. The van der Waals surface area contributed by atoms with Gasteiger partial charge in [-0.05, 0) is 61.9 Å². The van der Waals surface area contributed by atoms with Crippen LogP contribution in [0.4, 0.5) is 5.69 Å². The van der Waals surface area contributed by atoms with Crippen molar-refractivity contribution in [1.29, 1.82) is 0 Å². The molecule has 0 unspecified atom stereocenters. The standard InChI is InChI=1S/C22H22N2O2S/c1-15-9-11-17(12-10-15)26-13-21-23-20(14-27-21)22(25)24-19-8-4-6-16-5-2-3-7-18(16)19/h4,6,8-12,14H,2-3,5,7,13H2,1H3,(H,24,25). The maximum Gasteiger partial charge on any atom is 0.275 e. The number of amides is 1. The van der Waals surface area contributed by atoms with Crippen LogP contribution in [-0.2, 0) is 19.4 Å². The summed E-state index contributed by atoms with van der Waals surface area (Å²) in [6, 6.07) is 14.1. The number of carbonyl (C=O) groups excluding carboxylic acids is 1. The maximum atomic E-state index is 12.6. The number of rotatable bonds is 5. The lowest BCUT2D eigenvalue weighted by Gasteiger charge is -2.19. The zero-order valence-corrected chi connectivity index (χ0v) is 16.1. The first-order chi connectivity index (χ1) is 13.2. The average Bonchev–Trinajstić information content (AvgIpc) is 3.17. The number of thiazole rings is 1. The average molecular weight is 378 g/mol. The molecule has 0 radical (unpaired) electrons. The molecule has 27 heavy (non-hydrogen) atoms. The molecule has 0 bridgehead atoms. The van der Waals surface area contributed by atoms with Gasteiger partial charge in [-0.2, -0.15) is 0 Å². The highest BCUT2D eigenvalue weighted by Crippen LogP contribution is 2.28. The molecule has 1 aliphatic carbocycles. The van der Waals surface area contributed by atoms with Crippen LogP contribution in [0.2, 0.25) is 0 Å². The third kappa shape index (κ3) is 4.19. The second-order valence-electron chi connectivity index (χ2n) is 6.83. The smallest absolute Gasteiger partial charge is 0.275 e. The topological polar surface area (TPSA) is 51.2 Å². The molecule has 138 valence electrons. The first-order valence-corrected chi connectivity index (χ1v) is 10.1. The molecule has 4 nitrogen and oxygen atoms in total. The van der Waals surface area contributed by atoms with Crippen LogP contribution in [-0.4, -0.2) is 10.9 Å². The summed E-state index contributed by atoms with van der Waals surface area (Å²) in [7, 11) is 0. The van der Waals surface area contributed by atoms with E-state index in [0.717, 1.165) is 29.3 Å². The van der Waals surface area contributed by atoms with Crippen molar-refractivity contribution in [2.45, 2.75) is 39.2 Å².